The molecule has 1 fully saturated rings. The van der Waals surface area contributed by atoms with Crippen LogP contribution in [-0.2, 0) is 0 Å². The fourth-order valence-electron chi connectivity index (χ4n) is 1.89. The van der Waals surface area contributed by atoms with E-state index in [2.05, 4.69) is 6.07 Å². The molecule has 1 atom stereocenters. The summed E-state index contributed by atoms with van der Waals surface area (Å²) in [6, 6.07) is 7.57. The molecule has 2 aromatic heterocycles. The van der Waals surface area contributed by atoms with Crippen molar-refractivity contribution < 1.29 is 9.21 Å². The first-order chi connectivity index (χ1) is 8.36. The van der Waals surface area contributed by atoms with Crippen molar-refractivity contribution >= 4 is 29.0 Å². The lowest BCUT2D eigenvalue weighted by Gasteiger charge is -2.21. The van der Waals surface area contributed by atoms with Crippen molar-refractivity contribution in [1.82, 2.24) is 4.90 Å². The van der Waals surface area contributed by atoms with E-state index in [0.29, 0.717) is 5.76 Å². The molecule has 0 saturated carbocycles. The maximum absolute atomic E-state index is 12.2. The van der Waals surface area contributed by atoms with Crippen LogP contribution in [-0.4, -0.2) is 23.1 Å². The average Bonchev–Trinajstić information content (AvgIpc) is 3.09. The van der Waals surface area contributed by atoms with Crippen molar-refractivity contribution in [2.24, 2.45) is 0 Å². The van der Waals surface area contributed by atoms with Crippen molar-refractivity contribution in [2.75, 3.05) is 12.3 Å². The highest BCUT2D eigenvalue weighted by atomic mass is 32.2. The van der Waals surface area contributed by atoms with E-state index in [4.69, 9.17) is 4.42 Å². The van der Waals surface area contributed by atoms with Gasteiger partial charge in [-0.2, -0.15) is 0 Å². The lowest BCUT2D eigenvalue weighted by molar-refractivity contribution is 0.0730. The van der Waals surface area contributed by atoms with Gasteiger partial charge >= 0.3 is 0 Å². The van der Waals surface area contributed by atoms with Crippen LogP contribution in [0, 0.1) is 0 Å². The second-order valence-electron chi connectivity index (χ2n) is 3.71. The molecule has 88 valence electrons. The molecule has 5 heteroatoms. The van der Waals surface area contributed by atoms with Gasteiger partial charge in [-0.3, -0.25) is 4.79 Å². The van der Waals surface area contributed by atoms with Gasteiger partial charge in [-0.15, -0.1) is 23.1 Å². The highest BCUT2D eigenvalue weighted by molar-refractivity contribution is 7.99. The molecule has 0 radical (unpaired) electrons. The molecule has 17 heavy (non-hydrogen) atoms. The third-order valence-electron chi connectivity index (χ3n) is 2.67. The Morgan fingerprint density at radius 3 is 3.06 bits per heavy atom. The van der Waals surface area contributed by atoms with Gasteiger partial charge in [0.25, 0.3) is 5.91 Å². The zero-order valence-corrected chi connectivity index (χ0v) is 10.7. The zero-order chi connectivity index (χ0) is 11.7. The van der Waals surface area contributed by atoms with Crippen molar-refractivity contribution in [2.45, 2.75) is 5.37 Å². The van der Waals surface area contributed by atoms with Crippen LogP contribution in [0.15, 0.2) is 40.3 Å². The number of hydrogen-bond acceptors (Lipinski definition) is 4. The van der Waals surface area contributed by atoms with Gasteiger partial charge in [0.2, 0.25) is 0 Å². The predicted octanol–water partition coefficient (Wildman–Crippen LogP) is 3.23. The summed E-state index contributed by atoms with van der Waals surface area (Å²) in [5, 5.41) is 2.19. The molecule has 0 bridgehead atoms. The summed E-state index contributed by atoms with van der Waals surface area (Å²) in [4.78, 5) is 15.4. The van der Waals surface area contributed by atoms with Gasteiger partial charge in [0.15, 0.2) is 5.76 Å². The molecule has 1 aliphatic heterocycles. The molecule has 1 aliphatic rings. The minimum absolute atomic E-state index is 0.0154. The van der Waals surface area contributed by atoms with Crippen LogP contribution in [0.3, 0.4) is 0 Å². The Morgan fingerprint density at radius 1 is 1.41 bits per heavy atom. The normalized spacial score (nSPS) is 19.8. The van der Waals surface area contributed by atoms with E-state index >= 15 is 0 Å². The number of furan rings is 1. The maximum atomic E-state index is 12.2. The lowest BCUT2D eigenvalue weighted by Crippen LogP contribution is -2.29. The summed E-state index contributed by atoms with van der Waals surface area (Å²) in [7, 11) is 0. The second kappa shape index (κ2) is 4.58. The molecule has 1 saturated heterocycles. The van der Waals surface area contributed by atoms with Gasteiger partial charge in [0, 0.05) is 17.2 Å². The molecule has 0 spiro atoms. The van der Waals surface area contributed by atoms with Gasteiger partial charge in [-0.25, -0.2) is 0 Å². The Morgan fingerprint density at radius 2 is 2.35 bits per heavy atom. The molecule has 3 heterocycles. The first kappa shape index (κ1) is 10.9. The van der Waals surface area contributed by atoms with Gasteiger partial charge in [-0.1, -0.05) is 6.07 Å². The number of rotatable bonds is 2. The summed E-state index contributed by atoms with van der Waals surface area (Å²) in [6.07, 6.45) is 1.54. The van der Waals surface area contributed by atoms with Crippen LogP contribution in [0.1, 0.15) is 20.8 Å². The van der Waals surface area contributed by atoms with Gasteiger partial charge < -0.3 is 9.32 Å². The van der Waals surface area contributed by atoms with E-state index in [-0.39, 0.29) is 11.3 Å². The molecule has 3 rings (SSSR count). The largest absolute Gasteiger partial charge is 0.459 e. The van der Waals surface area contributed by atoms with Crippen LogP contribution in [0.5, 0.6) is 0 Å². The summed E-state index contributed by atoms with van der Waals surface area (Å²) >= 11 is 3.50. The van der Waals surface area contributed by atoms with Crippen molar-refractivity contribution in [3.8, 4) is 0 Å². The predicted molar refractivity (Wildman–Crippen MR) is 69.3 cm³/mol. The van der Waals surface area contributed by atoms with E-state index in [9.17, 15) is 4.79 Å². The smallest absolute Gasteiger partial charge is 0.290 e. The number of nitrogens with zero attached hydrogens (tertiary/aromatic N) is 1. The molecule has 3 nitrogen and oxygen atoms in total. The third-order valence-corrected chi connectivity index (χ3v) is 4.99. The van der Waals surface area contributed by atoms with Crippen LogP contribution in [0.2, 0.25) is 0 Å². The van der Waals surface area contributed by atoms with Crippen LogP contribution >= 0.6 is 23.1 Å². The highest BCUT2D eigenvalue weighted by Crippen LogP contribution is 2.40. The topological polar surface area (TPSA) is 33.5 Å². The number of carbonyl (C=O) groups is 1. The SMILES string of the molecule is O=C(c1ccco1)N1CCSC1c1cccs1. The standard InChI is InChI=1S/C12H11NO2S2/c14-11(9-3-1-6-15-9)13-5-8-17-12(13)10-4-2-7-16-10/h1-4,6-7,12H,5,8H2. The number of thiophene rings is 1. The van der Waals surface area contributed by atoms with Crippen LogP contribution < -0.4 is 0 Å². The van der Waals surface area contributed by atoms with E-state index in [1.165, 1.54) is 11.1 Å². The molecule has 2 aromatic rings. The molecular weight excluding hydrogens is 254 g/mol. The van der Waals surface area contributed by atoms with Crippen molar-refractivity contribution in [1.29, 1.82) is 0 Å². The van der Waals surface area contributed by atoms with Crippen molar-refractivity contribution in [3.63, 3.8) is 0 Å². The highest BCUT2D eigenvalue weighted by Gasteiger charge is 2.32. The Hall–Kier alpha value is -1.20. The average molecular weight is 265 g/mol. The van der Waals surface area contributed by atoms with Crippen molar-refractivity contribution in [3.05, 3.63) is 46.5 Å². The summed E-state index contributed by atoms with van der Waals surface area (Å²) in [5.74, 6) is 1.39. The fourth-order valence-corrected chi connectivity index (χ4v) is 4.12. The minimum atomic E-state index is -0.0154. The zero-order valence-electron chi connectivity index (χ0n) is 9.04. The Kier molecular flexibility index (Phi) is 2.94. The van der Waals surface area contributed by atoms with E-state index < -0.39 is 0 Å². The van der Waals surface area contributed by atoms with Crippen LogP contribution in [0.4, 0.5) is 0 Å². The molecular formula is C12H11NO2S2. The monoisotopic (exact) mass is 265 g/mol. The van der Waals surface area contributed by atoms with E-state index in [1.807, 2.05) is 28.1 Å². The quantitative estimate of drug-likeness (QED) is 0.836. The number of amides is 1. The first-order valence-electron chi connectivity index (χ1n) is 5.36. The van der Waals surface area contributed by atoms with Crippen LogP contribution in [0.25, 0.3) is 0 Å². The molecule has 0 N–H and O–H groups in total. The summed E-state index contributed by atoms with van der Waals surface area (Å²) < 4.78 is 5.18. The van der Waals surface area contributed by atoms with Gasteiger partial charge in [0.1, 0.15) is 5.37 Å². The molecule has 1 unspecified atom stereocenters. The van der Waals surface area contributed by atoms with Gasteiger partial charge in [0.05, 0.1) is 6.26 Å². The van der Waals surface area contributed by atoms with E-state index in [1.54, 1.807) is 23.5 Å². The fraction of sp³-hybridized carbons (Fsp3) is 0.250. The number of thioether (sulfide) groups is 1. The lowest BCUT2D eigenvalue weighted by atomic mass is 10.3. The Labute approximate surface area is 107 Å². The van der Waals surface area contributed by atoms with E-state index in [0.717, 1.165) is 12.3 Å². The second-order valence-corrected chi connectivity index (χ2v) is 5.88. The number of hydrogen-bond donors (Lipinski definition) is 0. The Bertz CT molecular complexity index is 493. The maximum Gasteiger partial charge on any atom is 0.290 e. The Balaban J connectivity index is 1.85. The molecule has 0 aliphatic carbocycles. The third kappa shape index (κ3) is 2.00. The first-order valence-corrected chi connectivity index (χ1v) is 7.28. The summed E-state index contributed by atoms with van der Waals surface area (Å²) in [6.45, 7) is 0.784. The number of carbonyl (C=O) groups excluding carboxylic acids is 1. The van der Waals surface area contributed by atoms with Gasteiger partial charge in [-0.05, 0) is 23.6 Å². The minimum Gasteiger partial charge on any atom is -0.459 e. The molecule has 1 amide bonds. The summed E-state index contributed by atoms with van der Waals surface area (Å²) in [5.41, 5.74) is 0. The molecule has 0 aromatic carbocycles.